The molecule has 0 radical (unpaired) electrons. The van der Waals surface area contributed by atoms with Crippen molar-refractivity contribution in [1.29, 1.82) is 0 Å². The average molecular weight is 415 g/mol. The molecule has 0 saturated carbocycles. The number of amides is 2. The fraction of sp³-hybridized carbons (Fsp3) is 0.176. The highest BCUT2D eigenvalue weighted by Crippen LogP contribution is 2.18. The number of carbonyl (C=O) groups excluding carboxylic acids is 2. The molecular weight excluding hydrogens is 401 g/mol. The van der Waals surface area contributed by atoms with Gasteiger partial charge in [0.1, 0.15) is 0 Å². The van der Waals surface area contributed by atoms with Gasteiger partial charge in [0.25, 0.3) is 0 Å². The SMILES string of the molecule is O=C(Cc1ccc(Br)cc1)NCc1ccc(NC(=O)C(F)(F)F)cc1. The summed E-state index contributed by atoms with van der Waals surface area (Å²) in [7, 11) is 0. The van der Waals surface area contributed by atoms with Crippen molar-refractivity contribution >= 4 is 33.4 Å². The predicted octanol–water partition coefficient (Wildman–Crippen LogP) is 3.81. The maximum Gasteiger partial charge on any atom is 0.471 e. The zero-order chi connectivity index (χ0) is 18.4. The zero-order valence-corrected chi connectivity index (χ0v) is 14.4. The molecule has 0 bridgehead atoms. The summed E-state index contributed by atoms with van der Waals surface area (Å²) in [6.45, 7) is 0.239. The molecule has 25 heavy (non-hydrogen) atoms. The second kappa shape index (κ2) is 8.15. The Balaban J connectivity index is 1.83. The Bertz CT molecular complexity index is 744. The van der Waals surface area contributed by atoms with E-state index in [2.05, 4.69) is 21.2 Å². The Morgan fingerprint density at radius 3 is 2.04 bits per heavy atom. The van der Waals surface area contributed by atoms with Crippen LogP contribution in [0.5, 0.6) is 0 Å². The van der Waals surface area contributed by atoms with Crippen molar-refractivity contribution in [2.45, 2.75) is 19.1 Å². The summed E-state index contributed by atoms with van der Waals surface area (Å²) in [6.07, 6.45) is -4.70. The van der Waals surface area contributed by atoms with Crippen molar-refractivity contribution in [2.24, 2.45) is 0 Å². The van der Waals surface area contributed by atoms with E-state index in [1.807, 2.05) is 24.3 Å². The minimum atomic E-state index is -4.93. The molecule has 2 N–H and O–H groups in total. The minimum absolute atomic E-state index is 0.0345. The summed E-state index contributed by atoms with van der Waals surface area (Å²) < 4.78 is 37.4. The van der Waals surface area contributed by atoms with Crippen molar-refractivity contribution in [1.82, 2.24) is 5.32 Å². The molecule has 132 valence electrons. The van der Waals surface area contributed by atoms with Crippen molar-refractivity contribution in [3.63, 3.8) is 0 Å². The van der Waals surface area contributed by atoms with Gasteiger partial charge in [0.15, 0.2) is 0 Å². The molecule has 2 amide bonds. The van der Waals surface area contributed by atoms with E-state index in [1.54, 1.807) is 5.32 Å². The van der Waals surface area contributed by atoms with Gasteiger partial charge in [-0.3, -0.25) is 9.59 Å². The second-order valence-corrected chi connectivity index (χ2v) is 6.14. The highest BCUT2D eigenvalue weighted by atomic mass is 79.9. The lowest BCUT2D eigenvalue weighted by atomic mass is 10.1. The van der Waals surface area contributed by atoms with E-state index in [0.717, 1.165) is 10.0 Å². The normalized spacial score (nSPS) is 11.0. The number of anilines is 1. The summed E-state index contributed by atoms with van der Waals surface area (Å²) in [5.74, 6) is -2.19. The molecule has 0 aliphatic rings. The number of hydrogen-bond donors (Lipinski definition) is 2. The van der Waals surface area contributed by atoms with Gasteiger partial charge in [0.05, 0.1) is 6.42 Å². The summed E-state index contributed by atoms with van der Waals surface area (Å²) >= 11 is 3.32. The van der Waals surface area contributed by atoms with Gasteiger partial charge in [0.2, 0.25) is 5.91 Å². The molecule has 0 aromatic heterocycles. The molecule has 2 aromatic carbocycles. The molecular formula is C17H14BrF3N2O2. The molecule has 0 atom stereocenters. The van der Waals surface area contributed by atoms with Crippen LogP contribution in [0.2, 0.25) is 0 Å². The predicted molar refractivity (Wildman–Crippen MR) is 90.8 cm³/mol. The van der Waals surface area contributed by atoms with Gasteiger partial charge in [-0.2, -0.15) is 13.2 Å². The molecule has 0 aliphatic heterocycles. The van der Waals surface area contributed by atoms with E-state index in [-0.39, 0.29) is 24.6 Å². The van der Waals surface area contributed by atoms with E-state index >= 15 is 0 Å². The lowest BCUT2D eigenvalue weighted by molar-refractivity contribution is -0.167. The summed E-state index contributed by atoms with van der Waals surface area (Å²) in [5, 5.41) is 4.48. The van der Waals surface area contributed by atoms with E-state index in [0.29, 0.717) is 5.56 Å². The second-order valence-electron chi connectivity index (χ2n) is 5.23. The van der Waals surface area contributed by atoms with Crippen LogP contribution in [0.1, 0.15) is 11.1 Å². The van der Waals surface area contributed by atoms with Crippen molar-refractivity contribution in [3.8, 4) is 0 Å². The van der Waals surface area contributed by atoms with Gasteiger partial charge >= 0.3 is 12.1 Å². The monoisotopic (exact) mass is 414 g/mol. The Kier molecular flexibility index (Phi) is 6.19. The third-order valence-electron chi connectivity index (χ3n) is 3.24. The Hall–Kier alpha value is -2.35. The van der Waals surface area contributed by atoms with E-state index < -0.39 is 12.1 Å². The molecule has 0 unspecified atom stereocenters. The van der Waals surface area contributed by atoms with Crippen LogP contribution in [0, 0.1) is 0 Å². The van der Waals surface area contributed by atoms with Crippen LogP contribution in [0.4, 0.5) is 18.9 Å². The first-order valence-electron chi connectivity index (χ1n) is 7.22. The molecule has 0 heterocycles. The number of halogens is 4. The quantitative estimate of drug-likeness (QED) is 0.781. The molecule has 0 spiro atoms. The van der Waals surface area contributed by atoms with Crippen LogP contribution in [-0.4, -0.2) is 18.0 Å². The van der Waals surface area contributed by atoms with Crippen LogP contribution in [0.15, 0.2) is 53.0 Å². The molecule has 0 aliphatic carbocycles. The topological polar surface area (TPSA) is 58.2 Å². The molecule has 2 aromatic rings. The van der Waals surface area contributed by atoms with Gasteiger partial charge in [-0.25, -0.2) is 0 Å². The molecule has 2 rings (SSSR count). The number of carbonyl (C=O) groups is 2. The number of hydrogen-bond acceptors (Lipinski definition) is 2. The summed E-state index contributed by atoms with van der Waals surface area (Å²) in [5.41, 5.74) is 1.60. The van der Waals surface area contributed by atoms with Gasteiger partial charge in [0, 0.05) is 16.7 Å². The summed E-state index contributed by atoms with van der Waals surface area (Å²) in [6, 6.07) is 13.1. The molecule has 0 fully saturated rings. The van der Waals surface area contributed by atoms with Crippen molar-refractivity contribution in [3.05, 3.63) is 64.1 Å². The van der Waals surface area contributed by atoms with Crippen LogP contribution in [0.3, 0.4) is 0 Å². The summed E-state index contributed by atoms with van der Waals surface area (Å²) in [4.78, 5) is 22.7. The first kappa shape index (κ1) is 19.0. The number of nitrogens with one attached hydrogen (secondary N) is 2. The fourth-order valence-corrected chi connectivity index (χ4v) is 2.22. The Morgan fingerprint density at radius 1 is 0.920 bits per heavy atom. The number of alkyl halides is 3. The van der Waals surface area contributed by atoms with Crippen LogP contribution in [-0.2, 0) is 22.6 Å². The fourth-order valence-electron chi connectivity index (χ4n) is 1.96. The Labute approximate surface area is 150 Å². The van der Waals surface area contributed by atoms with Crippen LogP contribution < -0.4 is 10.6 Å². The van der Waals surface area contributed by atoms with Gasteiger partial charge in [-0.15, -0.1) is 0 Å². The maximum atomic E-state index is 12.2. The van der Waals surface area contributed by atoms with Gasteiger partial charge in [-0.1, -0.05) is 40.2 Å². The largest absolute Gasteiger partial charge is 0.471 e. The minimum Gasteiger partial charge on any atom is -0.352 e. The Morgan fingerprint density at radius 2 is 1.48 bits per heavy atom. The lowest BCUT2D eigenvalue weighted by Gasteiger charge is -2.09. The van der Waals surface area contributed by atoms with Crippen LogP contribution in [0.25, 0.3) is 0 Å². The highest BCUT2D eigenvalue weighted by Gasteiger charge is 2.38. The first-order valence-corrected chi connectivity index (χ1v) is 8.01. The van der Waals surface area contributed by atoms with E-state index in [9.17, 15) is 22.8 Å². The van der Waals surface area contributed by atoms with Gasteiger partial charge in [-0.05, 0) is 35.4 Å². The van der Waals surface area contributed by atoms with E-state index in [4.69, 9.17) is 0 Å². The molecule has 8 heteroatoms. The maximum absolute atomic E-state index is 12.2. The molecule has 0 saturated heterocycles. The molecule has 4 nitrogen and oxygen atoms in total. The zero-order valence-electron chi connectivity index (χ0n) is 12.9. The van der Waals surface area contributed by atoms with Crippen LogP contribution >= 0.6 is 15.9 Å². The van der Waals surface area contributed by atoms with Crippen molar-refractivity contribution in [2.75, 3.05) is 5.32 Å². The van der Waals surface area contributed by atoms with Gasteiger partial charge < -0.3 is 10.6 Å². The number of benzene rings is 2. The average Bonchev–Trinajstić information content (AvgIpc) is 2.55. The third kappa shape index (κ3) is 6.22. The van der Waals surface area contributed by atoms with Crippen molar-refractivity contribution < 1.29 is 22.8 Å². The van der Waals surface area contributed by atoms with E-state index in [1.165, 1.54) is 24.3 Å². The lowest BCUT2D eigenvalue weighted by Crippen LogP contribution is -2.29. The smallest absolute Gasteiger partial charge is 0.352 e. The standard InChI is InChI=1S/C17H14BrF3N2O2/c18-13-5-1-11(2-6-13)9-15(24)22-10-12-3-7-14(8-4-12)23-16(25)17(19,20)21/h1-8H,9-10H2,(H,22,24)(H,23,25). The number of rotatable bonds is 5. The third-order valence-corrected chi connectivity index (χ3v) is 3.77. The highest BCUT2D eigenvalue weighted by molar-refractivity contribution is 9.10. The first-order chi connectivity index (χ1) is 11.7.